The summed E-state index contributed by atoms with van der Waals surface area (Å²) in [5.74, 6) is 6.21. The molecule has 1 aromatic rings. The first-order valence-corrected chi connectivity index (χ1v) is 5.43. The van der Waals surface area contributed by atoms with Gasteiger partial charge >= 0.3 is 0 Å². The molecule has 0 spiro atoms. The van der Waals surface area contributed by atoms with Gasteiger partial charge in [0.15, 0.2) is 5.78 Å². The van der Waals surface area contributed by atoms with E-state index in [0.29, 0.717) is 6.54 Å². The third kappa shape index (κ3) is 3.52. The van der Waals surface area contributed by atoms with Crippen LogP contribution in [0.2, 0.25) is 0 Å². The Balaban J connectivity index is 2.77. The maximum atomic E-state index is 11.7. The van der Waals surface area contributed by atoms with Gasteiger partial charge in [0, 0.05) is 17.0 Å². The van der Waals surface area contributed by atoms with E-state index in [1.807, 2.05) is 45.2 Å². The first-order valence-electron chi connectivity index (χ1n) is 5.43. The van der Waals surface area contributed by atoms with Gasteiger partial charge in [-0.25, -0.2) is 0 Å². The highest BCUT2D eigenvalue weighted by molar-refractivity contribution is 5.97. The molecule has 0 amide bonds. The highest BCUT2D eigenvalue weighted by atomic mass is 16.1. The van der Waals surface area contributed by atoms with Crippen LogP contribution in [0.25, 0.3) is 0 Å². The van der Waals surface area contributed by atoms with Crippen molar-refractivity contribution in [3.8, 4) is 11.8 Å². The lowest BCUT2D eigenvalue weighted by Gasteiger charge is -2.03. The molecule has 0 aromatic heterocycles. The largest absolute Gasteiger partial charge is 0.309 e. The molecular weight excluding hydrogens is 198 g/mol. The zero-order chi connectivity index (χ0) is 12.0. The Hall–Kier alpha value is -1.59. The van der Waals surface area contributed by atoms with Gasteiger partial charge in [-0.1, -0.05) is 37.8 Å². The van der Waals surface area contributed by atoms with Crippen LogP contribution in [0.15, 0.2) is 24.3 Å². The molecule has 0 heterocycles. The third-order valence-corrected chi connectivity index (χ3v) is 2.19. The topological polar surface area (TPSA) is 29.1 Å². The standard InChI is InChI=1S/C14H17NO/c1-11(2)14(16)13-8-6-12(7-9-13)5-4-10-15-3/h6-9,11,15H,10H2,1-3H3. The van der Waals surface area contributed by atoms with Crippen molar-refractivity contribution >= 4 is 5.78 Å². The fourth-order valence-electron chi connectivity index (χ4n) is 1.29. The van der Waals surface area contributed by atoms with Gasteiger partial charge in [-0.3, -0.25) is 4.79 Å². The van der Waals surface area contributed by atoms with Crippen molar-refractivity contribution in [2.75, 3.05) is 13.6 Å². The van der Waals surface area contributed by atoms with E-state index in [1.165, 1.54) is 0 Å². The second kappa shape index (κ2) is 6.09. The average Bonchev–Trinajstić information content (AvgIpc) is 2.29. The van der Waals surface area contributed by atoms with E-state index in [-0.39, 0.29) is 11.7 Å². The molecule has 2 nitrogen and oxygen atoms in total. The molecular formula is C14H17NO. The van der Waals surface area contributed by atoms with Crippen LogP contribution in [-0.2, 0) is 0 Å². The minimum Gasteiger partial charge on any atom is -0.309 e. The van der Waals surface area contributed by atoms with Crippen LogP contribution < -0.4 is 5.32 Å². The van der Waals surface area contributed by atoms with Gasteiger partial charge in [-0.2, -0.15) is 0 Å². The van der Waals surface area contributed by atoms with Crippen molar-refractivity contribution in [3.63, 3.8) is 0 Å². The molecule has 0 bridgehead atoms. The summed E-state index contributed by atoms with van der Waals surface area (Å²) in [6, 6.07) is 7.45. The molecule has 0 atom stereocenters. The van der Waals surface area contributed by atoms with E-state index < -0.39 is 0 Å². The number of rotatable bonds is 3. The molecule has 1 aromatic carbocycles. The van der Waals surface area contributed by atoms with Crippen LogP contribution in [-0.4, -0.2) is 19.4 Å². The van der Waals surface area contributed by atoms with Gasteiger partial charge in [0.1, 0.15) is 0 Å². The number of hydrogen-bond donors (Lipinski definition) is 1. The lowest BCUT2D eigenvalue weighted by Crippen LogP contribution is -2.07. The normalized spacial score (nSPS) is 9.75. The molecule has 84 valence electrons. The van der Waals surface area contributed by atoms with Crippen molar-refractivity contribution in [1.29, 1.82) is 0 Å². The highest BCUT2D eigenvalue weighted by Crippen LogP contribution is 2.09. The Bertz CT molecular complexity index is 407. The minimum absolute atomic E-state index is 0.0428. The zero-order valence-corrected chi connectivity index (χ0v) is 10.0. The molecule has 16 heavy (non-hydrogen) atoms. The molecule has 0 aliphatic rings. The summed E-state index contributed by atoms with van der Waals surface area (Å²) in [6.45, 7) is 4.48. The average molecular weight is 215 g/mol. The maximum absolute atomic E-state index is 11.7. The van der Waals surface area contributed by atoms with Crippen LogP contribution in [0.3, 0.4) is 0 Å². The molecule has 0 aliphatic heterocycles. The van der Waals surface area contributed by atoms with Crippen LogP contribution in [0.1, 0.15) is 29.8 Å². The Morgan fingerprint density at radius 2 is 1.94 bits per heavy atom. The molecule has 1 N–H and O–H groups in total. The van der Waals surface area contributed by atoms with E-state index in [0.717, 1.165) is 11.1 Å². The number of carbonyl (C=O) groups is 1. The van der Waals surface area contributed by atoms with Gasteiger partial charge in [-0.05, 0) is 19.2 Å². The first-order chi connectivity index (χ1) is 7.65. The SMILES string of the molecule is CNCC#Cc1ccc(C(=O)C(C)C)cc1. The Kier molecular flexibility index (Phi) is 4.75. The van der Waals surface area contributed by atoms with Crippen LogP contribution in [0.5, 0.6) is 0 Å². The Morgan fingerprint density at radius 3 is 2.44 bits per heavy atom. The van der Waals surface area contributed by atoms with Crippen LogP contribution in [0.4, 0.5) is 0 Å². The summed E-state index contributed by atoms with van der Waals surface area (Å²) in [6.07, 6.45) is 0. The van der Waals surface area contributed by atoms with Crippen molar-refractivity contribution in [1.82, 2.24) is 5.32 Å². The Morgan fingerprint density at radius 1 is 1.31 bits per heavy atom. The molecule has 0 saturated carbocycles. The molecule has 1 rings (SSSR count). The molecule has 0 fully saturated rings. The lowest BCUT2D eigenvalue weighted by molar-refractivity contribution is 0.0939. The Labute approximate surface area is 97.1 Å². The van der Waals surface area contributed by atoms with Crippen molar-refractivity contribution in [2.45, 2.75) is 13.8 Å². The second-order valence-electron chi connectivity index (χ2n) is 3.93. The monoisotopic (exact) mass is 215 g/mol. The van der Waals surface area contributed by atoms with E-state index in [4.69, 9.17) is 0 Å². The smallest absolute Gasteiger partial charge is 0.165 e. The second-order valence-corrected chi connectivity index (χ2v) is 3.93. The van der Waals surface area contributed by atoms with Gasteiger partial charge in [-0.15, -0.1) is 0 Å². The van der Waals surface area contributed by atoms with Crippen molar-refractivity contribution in [3.05, 3.63) is 35.4 Å². The predicted octanol–water partition coefficient (Wildman–Crippen LogP) is 2.10. The van der Waals surface area contributed by atoms with E-state index in [9.17, 15) is 4.79 Å². The summed E-state index contributed by atoms with van der Waals surface area (Å²) >= 11 is 0. The van der Waals surface area contributed by atoms with E-state index >= 15 is 0 Å². The summed E-state index contributed by atoms with van der Waals surface area (Å²) in [5.41, 5.74) is 1.70. The molecule has 2 heteroatoms. The summed E-state index contributed by atoms with van der Waals surface area (Å²) in [4.78, 5) is 11.7. The number of benzene rings is 1. The predicted molar refractivity (Wildman–Crippen MR) is 66.4 cm³/mol. The fourth-order valence-corrected chi connectivity index (χ4v) is 1.29. The number of ketones is 1. The molecule has 0 unspecified atom stereocenters. The van der Waals surface area contributed by atoms with Gasteiger partial charge < -0.3 is 5.32 Å². The summed E-state index contributed by atoms with van der Waals surface area (Å²) in [7, 11) is 1.86. The number of nitrogens with one attached hydrogen (secondary N) is 1. The van der Waals surface area contributed by atoms with E-state index in [1.54, 1.807) is 0 Å². The zero-order valence-electron chi connectivity index (χ0n) is 10.0. The summed E-state index contributed by atoms with van der Waals surface area (Å²) in [5, 5.41) is 2.95. The van der Waals surface area contributed by atoms with Crippen LogP contribution in [0, 0.1) is 17.8 Å². The number of hydrogen-bond acceptors (Lipinski definition) is 2. The minimum atomic E-state index is 0.0428. The fraction of sp³-hybridized carbons (Fsp3) is 0.357. The van der Waals surface area contributed by atoms with Crippen molar-refractivity contribution < 1.29 is 4.79 Å². The first kappa shape index (κ1) is 12.5. The lowest BCUT2D eigenvalue weighted by atomic mass is 10.0. The highest BCUT2D eigenvalue weighted by Gasteiger charge is 2.09. The van der Waals surface area contributed by atoms with E-state index in [2.05, 4.69) is 17.2 Å². The van der Waals surface area contributed by atoms with Gasteiger partial charge in [0.05, 0.1) is 6.54 Å². The molecule has 0 radical (unpaired) electrons. The van der Waals surface area contributed by atoms with Gasteiger partial charge in [0.2, 0.25) is 0 Å². The quantitative estimate of drug-likeness (QED) is 0.618. The third-order valence-electron chi connectivity index (χ3n) is 2.19. The van der Waals surface area contributed by atoms with Crippen LogP contribution >= 0.6 is 0 Å². The number of carbonyl (C=O) groups excluding carboxylic acids is 1. The molecule has 0 aliphatic carbocycles. The van der Waals surface area contributed by atoms with Gasteiger partial charge in [0.25, 0.3) is 0 Å². The molecule has 0 saturated heterocycles. The van der Waals surface area contributed by atoms with Crippen molar-refractivity contribution in [2.24, 2.45) is 5.92 Å². The summed E-state index contributed by atoms with van der Waals surface area (Å²) < 4.78 is 0. The number of Topliss-reactive ketones (excluding diaryl/α,β-unsaturated/α-hetero) is 1. The maximum Gasteiger partial charge on any atom is 0.165 e.